The van der Waals surface area contributed by atoms with Crippen LogP contribution in [0.15, 0.2) is 67.0 Å². The third-order valence-corrected chi connectivity index (χ3v) is 2.76. The van der Waals surface area contributed by atoms with E-state index < -0.39 is 0 Å². The van der Waals surface area contributed by atoms with E-state index in [0.717, 1.165) is 17.0 Å². The number of aromatic nitrogens is 3. The average Bonchev–Trinajstić information content (AvgIpc) is 2.89. The Morgan fingerprint density at radius 3 is 2.50 bits per heavy atom. The molecular formula is C15H13N3. The van der Waals surface area contributed by atoms with Crippen LogP contribution in [0, 0.1) is 0 Å². The molecule has 0 saturated carbocycles. The van der Waals surface area contributed by atoms with Crippen molar-refractivity contribution >= 4 is 0 Å². The highest BCUT2D eigenvalue weighted by Crippen LogP contribution is 2.16. The van der Waals surface area contributed by atoms with E-state index in [4.69, 9.17) is 0 Å². The van der Waals surface area contributed by atoms with E-state index in [-0.39, 0.29) is 0 Å². The zero-order valence-corrected chi connectivity index (χ0v) is 9.90. The van der Waals surface area contributed by atoms with Gasteiger partial charge in [0, 0.05) is 18.0 Å². The topological polar surface area (TPSA) is 30.7 Å². The van der Waals surface area contributed by atoms with Crippen molar-refractivity contribution in [1.82, 2.24) is 14.8 Å². The highest BCUT2D eigenvalue weighted by Gasteiger charge is 2.02. The molecule has 18 heavy (non-hydrogen) atoms. The molecular weight excluding hydrogens is 222 g/mol. The van der Waals surface area contributed by atoms with E-state index in [1.165, 1.54) is 0 Å². The van der Waals surface area contributed by atoms with Crippen LogP contribution in [-0.4, -0.2) is 14.8 Å². The second kappa shape index (κ2) is 4.84. The fourth-order valence-corrected chi connectivity index (χ4v) is 1.87. The lowest BCUT2D eigenvalue weighted by atomic mass is 10.2. The fraction of sp³-hybridized carbons (Fsp3) is 0.0667. The van der Waals surface area contributed by atoms with E-state index in [0.29, 0.717) is 6.54 Å². The van der Waals surface area contributed by atoms with Gasteiger partial charge in [-0.15, -0.1) is 0 Å². The Kier molecular flexibility index (Phi) is 2.88. The van der Waals surface area contributed by atoms with Gasteiger partial charge in [-0.2, -0.15) is 5.10 Å². The number of rotatable bonds is 3. The lowest BCUT2D eigenvalue weighted by Crippen LogP contribution is -2.01. The molecule has 0 fully saturated rings. The smallest absolute Gasteiger partial charge is 0.0923 e. The van der Waals surface area contributed by atoms with Crippen LogP contribution in [0.3, 0.4) is 0 Å². The first-order chi connectivity index (χ1) is 8.92. The minimum Gasteiger partial charge on any atom is -0.266 e. The molecule has 0 bridgehead atoms. The van der Waals surface area contributed by atoms with Gasteiger partial charge in [-0.05, 0) is 18.2 Å². The van der Waals surface area contributed by atoms with Crippen molar-refractivity contribution in [2.75, 3.05) is 0 Å². The molecule has 0 radical (unpaired) electrons. The predicted molar refractivity (Wildman–Crippen MR) is 71.0 cm³/mol. The molecule has 3 aromatic rings. The Bertz CT molecular complexity index is 615. The summed E-state index contributed by atoms with van der Waals surface area (Å²) in [5.74, 6) is 0. The van der Waals surface area contributed by atoms with Crippen LogP contribution in [0.1, 0.15) is 5.69 Å². The first kappa shape index (κ1) is 10.7. The summed E-state index contributed by atoms with van der Waals surface area (Å²) >= 11 is 0. The minimum atomic E-state index is 0.702. The summed E-state index contributed by atoms with van der Waals surface area (Å²) in [6.45, 7) is 0.702. The average molecular weight is 235 g/mol. The van der Waals surface area contributed by atoms with Crippen LogP contribution in [0.25, 0.3) is 11.3 Å². The lowest BCUT2D eigenvalue weighted by molar-refractivity contribution is 0.675. The van der Waals surface area contributed by atoms with Crippen LogP contribution < -0.4 is 0 Å². The Labute approximate surface area is 106 Å². The standard InChI is InChI=1S/C15H13N3/c1-2-6-13(7-3-1)15-9-11-18(17-15)12-14-8-4-5-10-16-14/h1-11H,12H2. The number of benzene rings is 1. The zero-order chi connectivity index (χ0) is 12.2. The summed E-state index contributed by atoms with van der Waals surface area (Å²) in [7, 11) is 0. The predicted octanol–water partition coefficient (Wildman–Crippen LogP) is 2.99. The Morgan fingerprint density at radius 2 is 1.72 bits per heavy atom. The first-order valence-electron chi connectivity index (χ1n) is 5.90. The molecule has 3 rings (SSSR count). The highest BCUT2D eigenvalue weighted by atomic mass is 15.3. The second-order valence-corrected chi connectivity index (χ2v) is 4.09. The minimum absolute atomic E-state index is 0.702. The number of hydrogen-bond acceptors (Lipinski definition) is 2. The van der Waals surface area contributed by atoms with E-state index >= 15 is 0 Å². The normalized spacial score (nSPS) is 10.4. The number of nitrogens with zero attached hydrogens (tertiary/aromatic N) is 3. The van der Waals surface area contributed by atoms with Gasteiger partial charge in [-0.1, -0.05) is 36.4 Å². The van der Waals surface area contributed by atoms with Gasteiger partial charge in [0.1, 0.15) is 0 Å². The van der Waals surface area contributed by atoms with Gasteiger partial charge in [-0.25, -0.2) is 0 Å². The molecule has 0 aliphatic rings. The van der Waals surface area contributed by atoms with Crippen molar-refractivity contribution in [3.8, 4) is 11.3 Å². The third-order valence-electron chi connectivity index (χ3n) is 2.76. The molecule has 2 aromatic heterocycles. The maximum Gasteiger partial charge on any atom is 0.0923 e. The molecule has 3 heteroatoms. The summed E-state index contributed by atoms with van der Waals surface area (Å²) in [5.41, 5.74) is 3.14. The van der Waals surface area contributed by atoms with Crippen molar-refractivity contribution < 1.29 is 0 Å². The molecule has 0 saturated heterocycles. The van der Waals surface area contributed by atoms with Crippen LogP contribution >= 0.6 is 0 Å². The van der Waals surface area contributed by atoms with Crippen LogP contribution in [0.4, 0.5) is 0 Å². The molecule has 1 aromatic carbocycles. The molecule has 0 aliphatic heterocycles. The number of hydrogen-bond donors (Lipinski definition) is 0. The van der Waals surface area contributed by atoms with Crippen LogP contribution in [0.2, 0.25) is 0 Å². The third kappa shape index (κ3) is 2.30. The molecule has 0 aliphatic carbocycles. The van der Waals surface area contributed by atoms with Crippen molar-refractivity contribution in [2.45, 2.75) is 6.54 Å². The van der Waals surface area contributed by atoms with Gasteiger partial charge >= 0.3 is 0 Å². The molecule has 0 amide bonds. The van der Waals surface area contributed by atoms with Gasteiger partial charge in [0.25, 0.3) is 0 Å². The molecule has 0 unspecified atom stereocenters. The molecule has 0 atom stereocenters. The summed E-state index contributed by atoms with van der Waals surface area (Å²) in [5, 5.41) is 4.55. The quantitative estimate of drug-likeness (QED) is 0.698. The Hall–Kier alpha value is -2.42. The summed E-state index contributed by atoms with van der Waals surface area (Å²) < 4.78 is 1.91. The maximum atomic E-state index is 4.55. The molecule has 2 heterocycles. The van der Waals surface area contributed by atoms with E-state index in [1.54, 1.807) is 6.20 Å². The van der Waals surface area contributed by atoms with E-state index in [9.17, 15) is 0 Å². The maximum absolute atomic E-state index is 4.55. The van der Waals surface area contributed by atoms with Crippen molar-refractivity contribution in [2.24, 2.45) is 0 Å². The zero-order valence-electron chi connectivity index (χ0n) is 9.90. The molecule has 3 nitrogen and oxygen atoms in total. The van der Waals surface area contributed by atoms with Gasteiger partial charge in [0.2, 0.25) is 0 Å². The summed E-state index contributed by atoms with van der Waals surface area (Å²) in [6.07, 6.45) is 3.79. The Balaban J connectivity index is 1.82. The highest BCUT2D eigenvalue weighted by molar-refractivity contribution is 5.57. The second-order valence-electron chi connectivity index (χ2n) is 4.09. The summed E-state index contributed by atoms with van der Waals surface area (Å²) in [6, 6.07) is 18.1. The molecule has 0 N–H and O–H groups in total. The van der Waals surface area contributed by atoms with Crippen LogP contribution in [-0.2, 0) is 6.54 Å². The largest absolute Gasteiger partial charge is 0.266 e. The van der Waals surface area contributed by atoms with Crippen LogP contribution in [0.5, 0.6) is 0 Å². The molecule has 0 spiro atoms. The Morgan fingerprint density at radius 1 is 0.889 bits per heavy atom. The number of pyridine rings is 1. The van der Waals surface area contributed by atoms with Gasteiger partial charge < -0.3 is 0 Å². The first-order valence-corrected chi connectivity index (χ1v) is 5.90. The lowest BCUT2D eigenvalue weighted by Gasteiger charge is -2.00. The van der Waals surface area contributed by atoms with Crippen molar-refractivity contribution in [3.05, 3.63) is 72.7 Å². The van der Waals surface area contributed by atoms with E-state index in [2.05, 4.69) is 22.2 Å². The van der Waals surface area contributed by atoms with Gasteiger partial charge in [-0.3, -0.25) is 9.67 Å². The monoisotopic (exact) mass is 235 g/mol. The SMILES string of the molecule is c1ccc(-c2ccn(Cc3ccccn3)n2)cc1. The fourth-order valence-electron chi connectivity index (χ4n) is 1.87. The van der Waals surface area contributed by atoms with E-state index in [1.807, 2.05) is 53.3 Å². The summed E-state index contributed by atoms with van der Waals surface area (Å²) in [4.78, 5) is 4.30. The van der Waals surface area contributed by atoms with Gasteiger partial charge in [0.15, 0.2) is 0 Å². The van der Waals surface area contributed by atoms with Gasteiger partial charge in [0.05, 0.1) is 17.9 Å². The van der Waals surface area contributed by atoms with Crippen molar-refractivity contribution in [1.29, 1.82) is 0 Å². The van der Waals surface area contributed by atoms with Crippen molar-refractivity contribution in [3.63, 3.8) is 0 Å². The molecule has 88 valence electrons.